The van der Waals surface area contributed by atoms with E-state index in [4.69, 9.17) is 10.5 Å². The molecule has 2 aliphatic rings. The second-order valence-electron chi connectivity index (χ2n) is 7.33. The molecule has 1 heterocycles. The van der Waals surface area contributed by atoms with Gasteiger partial charge in [0.15, 0.2) is 0 Å². The van der Waals surface area contributed by atoms with Crippen LogP contribution in [0.1, 0.15) is 37.7 Å². The van der Waals surface area contributed by atoms with Crippen LogP contribution in [0.25, 0.3) is 0 Å². The summed E-state index contributed by atoms with van der Waals surface area (Å²) in [6.45, 7) is 3.47. The van der Waals surface area contributed by atoms with Crippen LogP contribution in [0.2, 0.25) is 0 Å². The third kappa shape index (κ3) is 5.27. The van der Waals surface area contributed by atoms with Crippen molar-refractivity contribution in [3.63, 3.8) is 0 Å². The number of morpholine rings is 1. The third-order valence-corrected chi connectivity index (χ3v) is 5.49. The molecule has 1 aliphatic carbocycles. The van der Waals surface area contributed by atoms with Crippen molar-refractivity contribution >= 4 is 5.91 Å². The Bertz CT molecular complexity index is 531. The molecular weight excluding hydrogens is 314 g/mol. The van der Waals surface area contributed by atoms with Crippen LogP contribution >= 0.6 is 0 Å². The molecule has 3 rings (SSSR count). The summed E-state index contributed by atoms with van der Waals surface area (Å²) < 4.78 is 5.75. The molecule has 1 aliphatic heterocycles. The largest absolute Gasteiger partial charge is 0.366 e. The highest BCUT2D eigenvalue weighted by Crippen LogP contribution is 2.26. The average Bonchev–Trinajstić information content (AvgIpc) is 2.67. The van der Waals surface area contributed by atoms with Crippen molar-refractivity contribution in [2.24, 2.45) is 11.7 Å². The van der Waals surface area contributed by atoms with E-state index < -0.39 is 6.10 Å². The van der Waals surface area contributed by atoms with Crippen molar-refractivity contribution in [1.29, 1.82) is 0 Å². The molecule has 2 unspecified atom stereocenters. The highest BCUT2D eigenvalue weighted by molar-refractivity contribution is 5.81. The molecule has 1 saturated carbocycles. The number of benzene rings is 1. The molecule has 3 N–H and O–H groups in total. The molecule has 138 valence electrons. The maximum atomic E-state index is 12.7. The van der Waals surface area contributed by atoms with E-state index in [1.807, 2.05) is 6.07 Å². The van der Waals surface area contributed by atoms with Crippen LogP contribution in [0.3, 0.4) is 0 Å². The number of nitrogens with two attached hydrogens (primary N) is 1. The van der Waals surface area contributed by atoms with Gasteiger partial charge >= 0.3 is 0 Å². The number of carbonyl (C=O) groups is 1. The summed E-state index contributed by atoms with van der Waals surface area (Å²) in [7, 11) is 0. The molecule has 5 heteroatoms. The molecule has 0 spiro atoms. The first-order valence-corrected chi connectivity index (χ1v) is 9.64. The minimum atomic E-state index is -0.393. The predicted molar refractivity (Wildman–Crippen MR) is 99.0 cm³/mol. The van der Waals surface area contributed by atoms with Crippen molar-refractivity contribution in [2.75, 3.05) is 26.2 Å². The van der Waals surface area contributed by atoms with Gasteiger partial charge < -0.3 is 15.8 Å². The molecule has 1 aromatic rings. The lowest BCUT2D eigenvalue weighted by Crippen LogP contribution is -2.54. The molecule has 0 aromatic heterocycles. The first-order valence-electron chi connectivity index (χ1n) is 9.64. The Kier molecular flexibility index (Phi) is 6.84. The van der Waals surface area contributed by atoms with Gasteiger partial charge in [-0.25, -0.2) is 0 Å². The van der Waals surface area contributed by atoms with Crippen LogP contribution in [0.15, 0.2) is 30.3 Å². The lowest BCUT2D eigenvalue weighted by molar-refractivity contribution is -0.140. The Labute approximate surface area is 150 Å². The minimum Gasteiger partial charge on any atom is -0.366 e. The molecule has 25 heavy (non-hydrogen) atoms. The number of nitrogens with zero attached hydrogens (tertiary/aromatic N) is 1. The fraction of sp³-hybridized carbons (Fsp3) is 0.650. The molecule has 1 saturated heterocycles. The van der Waals surface area contributed by atoms with Gasteiger partial charge in [0.1, 0.15) is 6.10 Å². The Morgan fingerprint density at radius 3 is 2.72 bits per heavy atom. The van der Waals surface area contributed by atoms with Crippen LogP contribution in [0, 0.1) is 5.92 Å². The van der Waals surface area contributed by atoms with Gasteiger partial charge in [0.05, 0.1) is 6.61 Å². The summed E-state index contributed by atoms with van der Waals surface area (Å²) in [4.78, 5) is 15.0. The van der Waals surface area contributed by atoms with Crippen LogP contribution in [0.5, 0.6) is 0 Å². The van der Waals surface area contributed by atoms with E-state index in [-0.39, 0.29) is 11.9 Å². The average molecular weight is 345 g/mol. The summed E-state index contributed by atoms with van der Waals surface area (Å²) in [5.74, 6) is 0.519. The topological polar surface area (TPSA) is 67.6 Å². The number of hydrogen-bond acceptors (Lipinski definition) is 4. The van der Waals surface area contributed by atoms with Crippen molar-refractivity contribution in [1.82, 2.24) is 10.2 Å². The molecule has 5 nitrogen and oxygen atoms in total. The minimum absolute atomic E-state index is 0.00112. The van der Waals surface area contributed by atoms with Gasteiger partial charge in [0.2, 0.25) is 0 Å². The summed E-state index contributed by atoms with van der Waals surface area (Å²) >= 11 is 0. The lowest BCUT2D eigenvalue weighted by atomic mass is 9.84. The molecule has 0 bridgehead atoms. The fourth-order valence-electron chi connectivity index (χ4n) is 4.03. The van der Waals surface area contributed by atoms with Crippen molar-refractivity contribution in [3.05, 3.63) is 35.9 Å². The maximum Gasteiger partial charge on any atom is 0.250 e. The van der Waals surface area contributed by atoms with Crippen molar-refractivity contribution in [2.45, 2.75) is 50.8 Å². The highest BCUT2D eigenvalue weighted by atomic mass is 16.5. The van der Waals surface area contributed by atoms with Crippen molar-refractivity contribution < 1.29 is 9.53 Å². The van der Waals surface area contributed by atoms with E-state index in [0.29, 0.717) is 25.6 Å². The number of rotatable bonds is 6. The summed E-state index contributed by atoms with van der Waals surface area (Å²) in [6.07, 6.45) is 5.77. The predicted octanol–water partition coefficient (Wildman–Crippen LogP) is 1.91. The zero-order valence-electron chi connectivity index (χ0n) is 15.0. The molecular formula is C20H31N3O2. The van der Waals surface area contributed by atoms with Crippen LogP contribution in [-0.4, -0.2) is 49.2 Å². The van der Waals surface area contributed by atoms with Gasteiger partial charge in [-0.05, 0) is 24.3 Å². The van der Waals surface area contributed by atoms with E-state index in [9.17, 15) is 4.79 Å². The SMILES string of the molecule is NCC(NC(=O)C1CN(Cc2ccccc2)CCO1)C1CCCCC1. The summed E-state index contributed by atoms with van der Waals surface area (Å²) in [6, 6.07) is 10.5. The molecule has 1 aromatic carbocycles. The molecule has 2 fully saturated rings. The highest BCUT2D eigenvalue weighted by Gasteiger charge is 2.30. The van der Waals surface area contributed by atoms with E-state index in [0.717, 1.165) is 13.1 Å². The van der Waals surface area contributed by atoms with Gasteiger partial charge in [-0.15, -0.1) is 0 Å². The Morgan fingerprint density at radius 2 is 2.00 bits per heavy atom. The smallest absolute Gasteiger partial charge is 0.250 e. The quantitative estimate of drug-likeness (QED) is 0.826. The van der Waals surface area contributed by atoms with E-state index >= 15 is 0 Å². The standard InChI is InChI=1S/C20H31N3O2/c21-13-18(17-9-5-2-6-10-17)22-20(24)19-15-23(11-12-25-19)14-16-7-3-1-4-8-16/h1,3-4,7-8,17-19H,2,5-6,9-15,21H2,(H,22,24). The second kappa shape index (κ2) is 9.32. The first-order chi connectivity index (χ1) is 12.3. The number of hydrogen-bond donors (Lipinski definition) is 2. The maximum absolute atomic E-state index is 12.7. The monoisotopic (exact) mass is 345 g/mol. The van der Waals surface area contributed by atoms with Crippen LogP contribution in [-0.2, 0) is 16.1 Å². The molecule has 1 amide bonds. The van der Waals surface area contributed by atoms with Crippen molar-refractivity contribution in [3.8, 4) is 0 Å². The summed E-state index contributed by atoms with van der Waals surface area (Å²) in [5.41, 5.74) is 7.21. The lowest BCUT2D eigenvalue weighted by Gasteiger charge is -2.35. The van der Waals surface area contributed by atoms with E-state index in [1.54, 1.807) is 0 Å². The fourth-order valence-corrected chi connectivity index (χ4v) is 4.03. The van der Waals surface area contributed by atoms with Gasteiger partial charge in [0, 0.05) is 32.2 Å². The Balaban J connectivity index is 1.52. The van der Waals surface area contributed by atoms with Gasteiger partial charge in [-0.3, -0.25) is 9.69 Å². The Hall–Kier alpha value is -1.43. The van der Waals surface area contributed by atoms with E-state index in [2.05, 4.69) is 34.5 Å². The number of amides is 1. The number of carbonyl (C=O) groups excluding carboxylic acids is 1. The zero-order chi connectivity index (χ0) is 17.5. The number of nitrogens with one attached hydrogen (secondary N) is 1. The van der Waals surface area contributed by atoms with Crippen LogP contribution in [0.4, 0.5) is 0 Å². The number of ether oxygens (including phenoxy) is 1. The third-order valence-electron chi connectivity index (χ3n) is 5.49. The molecule has 2 atom stereocenters. The Morgan fingerprint density at radius 1 is 1.24 bits per heavy atom. The van der Waals surface area contributed by atoms with Crippen LogP contribution < -0.4 is 11.1 Å². The zero-order valence-corrected chi connectivity index (χ0v) is 15.0. The molecule has 0 radical (unpaired) electrons. The first kappa shape index (κ1) is 18.4. The summed E-state index contributed by atoms with van der Waals surface area (Å²) in [5, 5.41) is 3.17. The van der Waals surface area contributed by atoms with Gasteiger partial charge in [-0.1, -0.05) is 49.6 Å². The second-order valence-corrected chi connectivity index (χ2v) is 7.33. The van der Waals surface area contributed by atoms with Gasteiger partial charge in [0.25, 0.3) is 5.91 Å². The van der Waals surface area contributed by atoms with Gasteiger partial charge in [-0.2, -0.15) is 0 Å². The normalized spacial score (nSPS) is 24.0. The van der Waals surface area contributed by atoms with E-state index in [1.165, 1.54) is 37.7 Å².